The van der Waals surface area contributed by atoms with E-state index in [-0.39, 0.29) is 0 Å². The first kappa shape index (κ1) is 13.2. The minimum Gasteiger partial charge on any atom is -0.372 e. The third-order valence-corrected chi connectivity index (χ3v) is 3.78. The molecule has 18 heavy (non-hydrogen) atoms. The molecule has 0 saturated heterocycles. The van der Waals surface area contributed by atoms with Gasteiger partial charge in [0.05, 0.1) is 9.26 Å². The molecule has 0 unspecified atom stereocenters. The zero-order valence-electron chi connectivity index (χ0n) is 10.4. The minimum atomic E-state index is 0.737. The van der Waals surface area contributed by atoms with Gasteiger partial charge in [0.15, 0.2) is 0 Å². The summed E-state index contributed by atoms with van der Waals surface area (Å²) in [4.78, 5) is 13.2. The van der Waals surface area contributed by atoms with Crippen molar-refractivity contribution in [1.29, 1.82) is 0 Å². The van der Waals surface area contributed by atoms with Crippen LogP contribution in [0.25, 0.3) is 0 Å². The summed E-state index contributed by atoms with van der Waals surface area (Å²) in [6.07, 6.45) is 5.24. The van der Waals surface area contributed by atoms with Crippen molar-refractivity contribution in [3.8, 4) is 0 Å². The highest BCUT2D eigenvalue weighted by Gasteiger charge is 2.10. The van der Waals surface area contributed by atoms with Crippen molar-refractivity contribution >= 4 is 28.4 Å². The van der Waals surface area contributed by atoms with Crippen LogP contribution in [0.4, 0.5) is 5.82 Å². The Balaban J connectivity index is 2.34. The Morgan fingerprint density at radius 1 is 1.22 bits per heavy atom. The summed E-state index contributed by atoms with van der Waals surface area (Å²) < 4.78 is 1.11. The molecule has 94 valence electrons. The summed E-state index contributed by atoms with van der Waals surface area (Å²) in [7, 11) is 1.89. The Labute approximate surface area is 120 Å². The van der Waals surface area contributed by atoms with E-state index < -0.39 is 0 Å². The Bertz CT molecular complexity index is 503. The van der Waals surface area contributed by atoms with Crippen LogP contribution in [-0.2, 0) is 12.8 Å². The molecule has 0 spiro atoms. The molecule has 0 aliphatic heterocycles. The molecule has 0 radical (unpaired) electrons. The molecule has 0 aliphatic carbocycles. The lowest BCUT2D eigenvalue weighted by atomic mass is 10.2. The van der Waals surface area contributed by atoms with E-state index in [4.69, 9.17) is 0 Å². The number of hydrogen-bond acceptors (Lipinski definition) is 4. The number of halogens is 1. The van der Waals surface area contributed by atoms with Gasteiger partial charge in [-0.2, -0.15) is 0 Å². The van der Waals surface area contributed by atoms with Crippen molar-refractivity contribution in [2.75, 3.05) is 12.4 Å². The second-order valence-electron chi connectivity index (χ2n) is 3.88. The molecule has 0 amide bonds. The monoisotopic (exact) mass is 354 g/mol. The van der Waals surface area contributed by atoms with Gasteiger partial charge >= 0.3 is 0 Å². The van der Waals surface area contributed by atoms with Gasteiger partial charge in [-0.3, -0.25) is 4.98 Å². The van der Waals surface area contributed by atoms with Gasteiger partial charge in [-0.15, -0.1) is 0 Å². The first-order chi connectivity index (χ1) is 8.74. The number of pyridine rings is 1. The van der Waals surface area contributed by atoms with Crippen molar-refractivity contribution in [2.45, 2.75) is 19.8 Å². The number of hydrogen-bond donors (Lipinski definition) is 1. The SMILES string of the molecule is CCc1nc(Cc2ccncc2)nc(NC)c1I. The highest BCUT2D eigenvalue weighted by Crippen LogP contribution is 2.20. The molecule has 2 aromatic heterocycles. The van der Waals surface area contributed by atoms with Gasteiger partial charge in [0.1, 0.15) is 11.6 Å². The van der Waals surface area contributed by atoms with Gasteiger partial charge in [0.2, 0.25) is 0 Å². The van der Waals surface area contributed by atoms with Gasteiger partial charge in [0, 0.05) is 25.9 Å². The highest BCUT2D eigenvalue weighted by molar-refractivity contribution is 14.1. The van der Waals surface area contributed by atoms with E-state index in [0.29, 0.717) is 0 Å². The standard InChI is InChI=1S/C13H15IN4/c1-3-10-12(14)13(15-2)18-11(17-10)8-9-4-6-16-7-5-9/h4-7H,3,8H2,1-2H3,(H,15,17,18). The second-order valence-corrected chi connectivity index (χ2v) is 4.96. The molecule has 4 nitrogen and oxygen atoms in total. The Hall–Kier alpha value is -1.24. The lowest BCUT2D eigenvalue weighted by Gasteiger charge is -2.10. The Kier molecular flexibility index (Phi) is 4.46. The van der Waals surface area contributed by atoms with Crippen LogP contribution in [0.1, 0.15) is 24.0 Å². The van der Waals surface area contributed by atoms with Crippen LogP contribution in [0.2, 0.25) is 0 Å². The fourth-order valence-electron chi connectivity index (χ4n) is 1.71. The van der Waals surface area contributed by atoms with Crippen LogP contribution in [0, 0.1) is 3.57 Å². The van der Waals surface area contributed by atoms with Crippen LogP contribution < -0.4 is 5.32 Å². The van der Waals surface area contributed by atoms with Crippen LogP contribution in [0.3, 0.4) is 0 Å². The molecule has 1 N–H and O–H groups in total. The van der Waals surface area contributed by atoms with Crippen molar-refractivity contribution in [3.63, 3.8) is 0 Å². The molecule has 2 rings (SSSR count). The summed E-state index contributed by atoms with van der Waals surface area (Å²) in [5.41, 5.74) is 2.27. The molecule has 5 heteroatoms. The number of aromatic nitrogens is 3. The van der Waals surface area contributed by atoms with Gasteiger partial charge < -0.3 is 5.32 Å². The average Bonchev–Trinajstić information content (AvgIpc) is 2.41. The zero-order valence-corrected chi connectivity index (χ0v) is 12.6. The van der Waals surface area contributed by atoms with E-state index in [0.717, 1.165) is 33.7 Å². The molecule has 0 aliphatic rings. The molecular formula is C13H15IN4. The predicted octanol–water partition coefficient (Wildman–Crippen LogP) is 2.67. The molecule has 2 heterocycles. The number of anilines is 1. The smallest absolute Gasteiger partial charge is 0.143 e. The van der Waals surface area contributed by atoms with E-state index >= 15 is 0 Å². The molecule has 0 aromatic carbocycles. The summed E-state index contributed by atoms with van der Waals surface area (Å²) in [6, 6.07) is 3.98. The average molecular weight is 354 g/mol. The van der Waals surface area contributed by atoms with Crippen molar-refractivity contribution in [3.05, 3.63) is 45.2 Å². The fourth-order valence-corrected chi connectivity index (χ4v) is 2.60. The summed E-state index contributed by atoms with van der Waals surface area (Å²) in [5, 5.41) is 3.13. The Morgan fingerprint density at radius 2 is 1.94 bits per heavy atom. The number of nitrogens with zero attached hydrogens (tertiary/aromatic N) is 3. The Morgan fingerprint density at radius 3 is 2.56 bits per heavy atom. The van der Waals surface area contributed by atoms with Crippen molar-refractivity contribution < 1.29 is 0 Å². The molecule has 2 aromatic rings. The maximum atomic E-state index is 4.62. The van der Waals surface area contributed by atoms with Crippen LogP contribution in [-0.4, -0.2) is 22.0 Å². The maximum Gasteiger partial charge on any atom is 0.143 e. The van der Waals surface area contributed by atoms with Crippen molar-refractivity contribution in [1.82, 2.24) is 15.0 Å². The van der Waals surface area contributed by atoms with Crippen LogP contribution in [0.15, 0.2) is 24.5 Å². The topological polar surface area (TPSA) is 50.7 Å². The zero-order chi connectivity index (χ0) is 13.0. The summed E-state index contributed by atoms with van der Waals surface area (Å²) in [6.45, 7) is 2.11. The molecule has 0 saturated carbocycles. The highest BCUT2D eigenvalue weighted by atomic mass is 127. The normalized spacial score (nSPS) is 10.4. The number of nitrogens with one attached hydrogen (secondary N) is 1. The third-order valence-electron chi connectivity index (χ3n) is 2.65. The van der Waals surface area contributed by atoms with Crippen molar-refractivity contribution in [2.24, 2.45) is 0 Å². The van der Waals surface area contributed by atoms with E-state index in [1.165, 1.54) is 5.56 Å². The molecule has 0 fully saturated rings. The van der Waals surface area contributed by atoms with Gasteiger partial charge in [-0.1, -0.05) is 6.92 Å². The molecular weight excluding hydrogens is 339 g/mol. The fraction of sp³-hybridized carbons (Fsp3) is 0.308. The van der Waals surface area contributed by atoms with Crippen LogP contribution in [0.5, 0.6) is 0 Å². The van der Waals surface area contributed by atoms with Crippen LogP contribution >= 0.6 is 22.6 Å². The van der Waals surface area contributed by atoms with Gasteiger partial charge in [0.25, 0.3) is 0 Å². The first-order valence-corrected chi connectivity index (χ1v) is 6.94. The van der Waals surface area contributed by atoms with E-state index in [1.807, 2.05) is 19.2 Å². The number of rotatable bonds is 4. The predicted molar refractivity (Wildman–Crippen MR) is 80.7 cm³/mol. The first-order valence-electron chi connectivity index (χ1n) is 5.86. The largest absolute Gasteiger partial charge is 0.372 e. The third kappa shape index (κ3) is 2.95. The van der Waals surface area contributed by atoms with E-state index in [9.17, 15) is 0 Å². The summed E-state index contributed by atoms with van der Waals surface area (Å²) in [5.74, 6) is 1.76. The van der Waals surface area contributed by atoms with Gasteiger partial charge in [-0.05, 0) is 46.7 Å². The minimum absolute atomic E-state index is 0.737. The number of aryl methyl sites for hydroxylation is 1. The molecule has 0 bridgehead atoms. The summed E-state index contributed by atoms with van der Waals surface area (Å²) >= 11 is 2.29. The van der Waals surface area contributed by atoms with Gasteiger partial charge in [-0.25, -0.2) is 9.97 Å². The quantitative estimate of drug-likeness (QED) is 0.858. The lowest BCUT2D eigenvalue weighted by Crippen LogP contribution is -2.07. The second kappa shape index (κ2) is 6.08. The lowest BCUT2D eigenvalue weighted by molar-refractivity contribution is 0.896. The molecule has 0 atom stereocenters. The van der Waals surface area contributed by atoms with E-state index in [1.54, 1.807) is 12.4 Å². The maximum absolute atomic E-state index is 4.62. The van der Waals surface area contributed by atoms with E-state index in [2.05, 4.69) is 49.8 Å².